The maximum atomic E-state index is 14.4. The number of methoxy groups -OCH3 is 1. The molecular formula is C38H54O16. The van der Waals surface area contributed by atoms with E-state index in [1.807, 2.05) is 6.92 Å². The maximum absolute atomic E-state index is 14.4. The molecule has 1 aliphatic heterocycles. The summed E-state index contributed by atoms with van der Waals surface area (Å²) >= 11 is 0. The molecule has 0 unspecified atom stereocenters. The van der Waals surface area contributed by atoms with Crippen LogP contribution in [-0.4, -0.2) is 109 Å². The largest absolute Gasteiger partial charge is 0.467 e. The summed E-state index contributed by atoms with van der Waals surface area (Å²) in [5.41, 5.74) is -2.91. The fourth-order valence-electron chi connectivity index (χ4n) is 10.8. The quantitative estimate of drug-likeness (QED) is 0.192. The van der Waals surface area contributed by atoms with Crippen molar-refractivity contribution >= 4 is 41.6 Å². The van der Waals surface area contributed by atoms with Crippen LogP contribution in [0.4, 0.5) is 0 Å². The number of hydrogen-bond donors (Lipinski definition) is 1. The van der Waals surface area contributed by atoms with E-state index in [9.17, 15) is 38.7 Å². The van der Waals surface area contributed by atoms with Gasteiger partial charge >= 0.3 is 35.8 Å². The Morgan fingerprint density at radius 1 is 0.815 bits per heavy atom. The molecule has 1 saturated heterocycles. The second-order valence-corrected chi connectivity index (χ2v) is 16.2. The predicted octanol–water partition coefficient (Wildman–Crippen LogP) is 2.51. The third-order valence-electron chi connectivity index (χ3n) is 13.0. The molecule has 16 heteroatoms. The van der Waals surface area contributed by atoms with E-state index < -0.39 is 95.2 Å². The Kier molecular flexibility index (Phi) is 12.2. The van der Waals surface area contributed by atoms with Crippen LogP contribution in [0.3, 0.4) is 0 Å². The Bertz CT molecular complexity index is 1510. The Hall–Kier alpha value is -3.63. The van der Waals surface area contributed by atoms with Crippen LogP contribution in [0.25, 0.3) is 0 Å². The third-order valence-corrected chi connectivity index (χ3v) is 13.0. The number of hydrogen-bond acceptors (Lipinski definition) is 16. The summed E-state index contributed by atoms with van der Waals surface area (Å²) in [5, 5.41) is 12.3. The van der Waals surface area contributed by atoms with Gasteiger partial charge in [0.2, 0.25) is 0 Å². The summed E-state index contributed by atoms with van der Waals surface area (Å²) in [5.74, 6) is -4.76. The van der Waals surface area contributed by atoms with Crippen LogP contribution in [0, 0.1) is 34.5 Å². The highest BCUT2D eigenvalue weighted by atomic mass is 16.7. The van der Waals surface area contributed by atoms with Gasteiger partial charge in [-0.05, 0) is 68.1 Å². The molecular weight excluding hydrogens is 712 g/mol. The van der Waals surface area contributed by atoms with E-state index in [1.165, 1.54) is 13.8 Å². The number of carbonyl (C=O) groups excluding carboxylic acids is 7. The average molecular weight is 767 g/mol. The monoisotopic (exact) mass is 766 g/mol. The molecule has 4 saturated carbocycles. The Morgan fingerprint density at radius 3 is 2.04 bits per heavy atom. The van der Waals surface area contributed by atoms with Gasteiger partial charge in [0, 0.05) is 52.4 Å². The second-order valence-electron chi connectivity index (χ2n) is 16.2. The zero-order chi connectivity index (χ0) is 39.9. The molecule has 0 bridgehead atoms. The molecule has 0 amide bonds. The lowest BCUT2D eigenvalue weighted by molar-refractivity contribution is -0.314. The predicted molar refractivity (Wildman–Crippen MR) is 181 cm³/mol. The van der Waals surface area contributed by atoms with Gasteiger partial charge in [0.15, 0.2) is 36.8 Å². The van der Waals surface area contributed by atoms with Crippen LogP contribution in [0.5, 0.6) is 0 Å². The normalized spacial score (nSPS) is 40.4. The van der Waals surface area contributed by atoms with E-state index in [0.29, 0.717) is 32.1 Å². The van der Waals surface area contributed by atoms with Gasteiger partial charge < -0.3 is 43.0 Å². The molecule has 14 atom stereocenters. The number of esters is 6. The Balaban J connectivity index is 1.37. The van der Waals surface area contributed by atoms with Gasteiger partial charge in [0.05, 0.1) is 13.2 Å². The van der Waals surface area contributed by atoms with Crippen molar-refractivity contribution < 1.29 is 76.6 Å². The third kappa shape index (κ3) is 7.75. The lowest BCUT2D eigenvalue weighted by Gasteiger charge is -2.61. The minimum absolute atomic E-state index is 0.0331. The minimum Gasteiger partial charge on any atom is -0.467 e. The number of fused-ring (bicyclic) bond motifs is 5. The van der Waals surface area contributed by atoms with Gasteiger partial charge in [-0.1, -0.05) is 13.8 Å². The van der Waals surface area contributed by atoms with Gasteiger partial charge in [-0.3, -0.25) is 28.8 Å². The molecule has 0 aromatic carbocycles. The molecule has 0 aromatic rings. The summed E-state index contributed by atoms with van der Waals surface area (Å²) < 4.78 is 44.6. The van der Waals surface area contributed by atoms with Gasteiger partial charge in [-0.15, -0.1) is 0 Å². The van der Waals surface area contributed by atoms with Crippen molar-refractivity contribution in [3.8, 4) is 0 Å². The van der Waals surface area contributed by atoms with Crippen LogP contribution >= 0.6 is 0 Å². The SMILES string of the molecule is COC(=O)[C@@H]1O[C@@H](O[C@@H]2CC[C@]3(C)[C@H](CC[C@@H]4[C@@H]3C(=O)C[C@]3(C)[C@H]4CC[C@]3(O)[C@H](COC(C)=O)OC(C)=O)C2)[C@H](OC(C)=O)[C@@H](OC(C)=O)[C@@H]1OC(C)=O. The fraction of sp³-hybridized carbons (Fsp3) is 0.816. The molecule has 16 nitrogen and oxygen atoms in total. The van der Waals surface area contributed by atoms with Crippen molar-refractivity contribution in [1.82, 2.24) is 0 Å². The zero-order valence-corrected chi connectivity index (χ0v) is 32.3. The average Bonchev–Trinajstić information content (AvgIpc) is 3.34. The van der Waals surface area contributed by atoms with Gasteiger partial charge in [0.1, 0.15) is 18.0 Å². The first-order valence-corrected chi connectivity index (χ1v) is 18.7. The topological polar surface area (TPSA) is 214 Å². The molecule has 302 valence electrons. The summed E-state index contributed by atoms with van der Waals surface area (Å²) in [6, 6.07) is 0. The van der Waals surface area contributed by atoms with E-state index in [-0.39, 0.29) is 48.9 Å². The molecule has 0 spiro atoms. The molecule has 5 rings (SSSR count). The molecule has 54 heavy (non-hydrogen) atoms. The first-order valence-electron chi connectivity index (χ1n) is 18.7. The smallest absolute Gasteiger partial charge is 0.339 e. The zero-order valence-electron chi connectivity index (χ0n) is 32.3. The molecule has 1 heterocycles. The van der Waals surface area contributed by atoms with Gasteiger partial charge in [0.25, 0.3) is 0 Å². The highest BCUT2D eigenvalue weighted by Gasteiger charge is 2.70. The molecule has 0 aromatic heterocycles. The molecule has 1 N–H and O–H groups in total. The van der Waals surface area contributed by atoms with E-state index in [1.54, 1.807) is 0 Å². The van der Waals surface area contributed by atoms with E-state index in [2.05, 4.69) is 6.92 Å². The van der Waals surface area contributed by atoms with Crippen LogP contribution < -0.4 is 0 Å². The standard InChI is InChI=1S/C38H54O16/c1-18(39)48-17-28(49-19(2)40)38(46)14-12-26-25-10-9-23-15-24(11-13-36(23,6)29(25)27(44)16-37(26,38)7)53-35-33(52-22(5)43)31(51-21(4)42)30(50-20(3)41)32(54-35)34(45)47-8/h23-26,28-33,35,46H,9-17H2,1-8H3/t23-,24-,25+,26+,28+,29-,30+,31+,32-,33-,35-,36-,37-,38+/m1/s1. The Morgan fingerprint density at radius 2 is 1.44 bits per heavy atom. The number of ketones is 1. The summed E-state index contributed by atoms with van der Waals surface area (Å²) in [4.78, 5) is 87.7. The van der Waals surface area contributed by atoms with Gasteiger partial charge in [-0.25, -0.2) is 4.79 Å². The fourth-order valence-corrected chi connectivity index (χ4v) is 10.8. The van der Waals surface area contributed by atoms with E-state index >= 15 is 0 Å². The first kappa shape index (κ1) is 41.5. The molecule has 0 radical (unpaired) electrons. The Labute approximate surface area is 314 Å². The van der Waals surface area contributed by atoms with Crippen molar-refractivity contribution in [2.24, 2.45) is 34.5 Å². The highest BCUT2D eigenvalue weighted by molar-refractivity contribution is 5.84. The lowest BCUT2D eigenvalue weighted by atomic mass is 9.44. The van der Waals surface area contributed by atoms with Gasteiger partial charge in [-0.2, -0.15) is 0 Å². The maximum Gasteiger partial charge on any atom is 0.339 e. The van der Waals surface area contributed by atoms with Crippen LogP contribution in [0.2, 0.25) is 0 Å². The van der Waals surface area contributed by atoms with E-state index in [0.717, 1.165) is 34.3 Å². The van der Waals surface area contributed by atoms with Crippen molar-refractivity contribution in [3.63, 3.8) is 0 Å². The molecule has 5 fully saturated rings. The van der Waals surface area contributed by atoms with Crippen molar-refractivity contribution in [1.29, 1.82) is 0 Å². The van der Waals surface area contributed by atoms with E-state index in [4.69, 9.17) is 37.9 Å². The highest BCUT2D eigenvalue weighted by Crippen LogP contribution is 2.68. The number of aliphatic hydroxyl groups is 1. The van der Waals surface area contributed by atoms with Crippen molar-refractivity contribution in [2.45, 2.75) is 148 Å². The number of Topliss-reactive ketones (excluding diaryl/α,β-unsaturated/α-hetero) is 1. The second kappa shape index (κ2) is 15.8. The molecule has 4 aliphatic carbocycles. The summed E-state index contributed by atoms with van der Waals surface area (Å²) in [6.45, 7) is 9.56. The van der Waals surface area contributed by atoms with Crippen molar-refractivity contribution in [2.75, 3.05) is 13.7 Å². The first-order chi connectivity index (χ1) is 25.2. The lowest BCUT2D eigenvalue weighted by Crippen LogP contribution is -2.65. The number of carbonyl (C=O) groups is 7. The number of ether oxygens (including phenoxy) is 8. The summed E-state index contributed by atoms with van der Waals surface area (Å²) in [6.07, 6.45) is -4.94. The minimum atomic E-state index is -1.58. The summed E-state index contributed by atoms with van der Waals surface area (Å²) in [7, 11) is 1.12. The van der Waals surface area contributed by atoms with Crippen molar-refractivity contribution in [3.05, 3.63) is 0 Å². The van der Waals surface area contributed by atoms with Crippen LogP contribution in [-0.2, 0) is 71.5 Å². The van der Waals surface area contributed by atoms with Crippen LogP contribution in [0.1, 0.15) is 99.8 Å². The van der Waals surface area contributed by atoms with Crippen LogP contribution in [0.15, 0.2) is 0 Å². The molecule has 5 aliphatic rings. The number of rotatable bonds is 10.